The lowest BCUT2D eigenvalue weighted by Crippen LogP contribution is -2.09. The van der Waals surface area contributed by atoms with Crippen LogP contribution in [0.1, 0.15) is 31.2 Å². The number of carboxylic acid groups (broad SMARTS) is 2. The maximum absolute atomic E-state index is 11.2. The predicted molar refractivity (Wildman–Crippen MR) is 94.5 cm³/mol. The molecule has 0 saturated heterocycles. The molecule has 1 aromatic carbocycles. The van der Waals surface area contributed by atoms with Crippen molar-refractivity contribution >= 4 is 17.9 Å². The van der Waals surface area contributed by atoms with Crippen LogP contribution in [0, 0.1) is 0 Å². The fourth-order valence-electron chi connectivity index (χ4n) is 2.00. The molecule has 2 rings (SSSR count). The second-order valence-electron chi connectivity index (χ2n) is 5.19. The number of H-pyrrole nitrogens is 1. The molecule has 0 aliphatic rings. The van der Waals surface area contributed by atoms with E-state index in [1.54, 1.807) is 19.3 Å². The van der Waals surface area contributed by atoms with E-state index in [0.29, 0.717) is 32.5 Å². The first-order chi connectivity index (χ1) is 12.9. The van der Waals surface area contributed by atoms with Gasteiger partial charge in [0, 0.05) is 30.8 Å². The summed E-state index contributed by atoms with van der Waals surface area (Å²) >= 11 is 0. The number of benzene rings is 1. The largest absolute Gasteiger partial charge is 0.493 e. The number of carbonyl (C=O) groups excluding carboxylic acids is 1. The lowest BCUT2D eigenvalue weighted by atomic mass is 10.1. The highest BCUT2D eigenvalue weighted by Crippen LogP contribution is 2.20. The third-order valence-corrected chi connectivity index (χ3v) is 3.16. The van der Waals surface area contributed by atoms with Crippen LogP contribution in [0.3, 0.4) is 0 Å². The molecule has 0 spiro atoms. The van der Waals surface area contributed by atoms with Crippen molar-refractivity contribution in [2.24, 2.45) is 0 Å². The SMILES string of the molecule is CCOC(=O)CCCOc1ccccc1Cc1ncc[nH]1.O=C(O)C(=O)O. The van der Waals surface area contributed by atoms with Gasteiger partial charge in [0.05, 0.1) is 13.2 Å². The fourth-order valence-corrected chi connectivity index (χ4v) is 2.00. The van der Waals surface area contributed by atoms with Crippen LogP contribution in [-0.2, 0) is 25.5 Å². The number of aromatic nitrogens is 2. The van der Waals surface area contributed by atoms with Crippen molar-refractivity contribution in [3.63, 3.8) is 0 Å². The lowest BCUT2D eigenvalue weighted by molar-refractivity contribution is -0.159. The van der Waals surface area contributed by atoms with Gasteiger partial charge in [0.2, 0.25) is 0 Å². The normalized spacial score (nSPS) is 9.67. The molecule has 27 heavy (non-hydrogen) atoms. The van der Waals surface area contributed by atoms with Crippen molar-refractivity contribution in [1.82, 2.24) is 9.97 Å². The Morgan fingerprint density at radius 1 is 1.15 bits per heavy atom. The monoisotopic (exact) mass is 378 g/mol. The molecular weight excluding hydrogens is 356 g/mol. The molecule has 0 saturated carbocycles. The molecule has 0 amide bonds. The minimum absolute atomic E-state index is 0.176. The molecule has 0 bridgehead atoms. The third kappa shape index (κ3) is 9.05. The summed E-state index contributed by atoms with van der Waals surface area (Å²) in [5, 5.41) is 14.8. The first-order valence-electron chi connectivity index (χ1n) is 8.24. The number of aromatic amines is 1. The second kappa shape index (κ2) is 12.1. The first kappa shape index (κ1) is 21.7. The Bertz CT molecular complexity index is 717. The third-order valence-electron chi connectivity index (χ3n) is 3.16. The number of para-hydroxylation sites is 1. The standard InChI is InChI=1S/C16H20N2O3.C2H2O4/c1-2-20-16(19)8-5-11-21-14-7-4-3-6-13(14)12-15-17-9-10-18-15;3-1(4)2(5)6/h3-4,6-7,9-10H,2,5,8,11-12H2,1H3,(H,17,18);(H,3,4)(H,5,6). The van der Waals surface area contributed by atoms with Crippen molar-refractivity contribution in [3.05, 3.63) is 48.0 Å². The number of nitrogens with zero attached hydrogens (tertiary/aromatic N) is 1. The van der Waals surface area contributed by atoms with E-state index in [1.807, 2.05) is 24.3 Å². The lowest BCUT2D eigenvalue weighted by Gasteiger charge is -2.10. The number of rotatable bonds is 8. The number of imidazole rings is 1. The Morgan fingerprint density at radius 3 is 2.44 bits per heavy atom. The topological polar surface area (TPSA) is 139 Å². The Hall–Kier alpha value is -3.36. The molecule has 9 nitrogen and oxygen atoms in total. The number of carboxylic acids is 2. The van der Waals surface area contributed by atoms with Crippen LogP contribution in [0.25, 0.3) is 0 Å². The Balaban J connectivity index is 0.000000527. The van der Waals surface area contributed by atoms with Crippen LogP contribution in [0.15, 0.2) is 36.7 Å². The molecule has 1 heterocycles. The number of carbonyl (C=O) groups is 3. The van der Waals surface area contributed by atoms with Crippen molar-refractivity contribution in [1.29, 1.82) is 0 Å². The average Bonchev–Trinajstić information content (AvgIpc) is 3.14. The van der Waals surface area contributed by atoms with Gasteiger partial charge in [0.25, 0.3) is 0 Å². The zero-order valence-electron chi connectivity index (χ0n) is 14.9. The Labute approximate surface area is 156 Å². The molecule has 0 atom stereocenters. The molecule has 146 valence electrons. The summed E-state index contributed by atoms with van der Waals surface area (Å²) < 4.78 is 10.6. The molecular formula is C18H22N2O7. The number of hydrogen-bond acceptors (Lipinski definition) is 6. The van der Waals surface area contributed by atoms with Crippen LogP contribution >= 0.6 is 0 Å². The molecule has 0 fully saturated rings. The van der Waals surface area contributed by atoms with Gasteiger partial charge in [-0.1, -0.05) is 18.2 Å². The molecule has 9 heteroatoms. The Kier molecular flexibility index (Phi) is 9.69. The summed E-state index contributed by atoms with van der Waals surface area (Å²) in [4.78, 5) is 36.7. The summed E-state index contributed by atoms with van der Waals surface area (Å²) in [5.41, 5.74) is 1.07. The van der Waals surface area contributed by atoms with Crippen molar-refractivity contribution in [3.8, 4) is 5.75 Å². The van der Waals surface area contributed by atoms with Crippen LogP contribution < -0.4 is 4.74 Å². The minimum Gasteiger partial charge on any atom is -0.493 e. The van der Waals surface area contributed by atoms with Crippen LogP contribution in [-0.4, -0.2) is 51.3 Å². The molecule has 0 unspecified atom stereocenters. The second-order valence-corrected chi connectivity index (χ2v) is 5.19. The predicted octanol–water partition coefficient (Wildman–Crippen LogP) is 1.88. The maximum Gasteiger partial charge on any atom is 0.414 e. The van der Waals surface area contributed by atoms with E-state index in [9.17, 15) is 4.79 Å². The molecule has 0 radical (unpaired) electrons. The summed E-state index contributed by atoms with van der Waals surface area (Å²) in [6.45, 7) is 2.72. The molecule has 2 aromatic rings. The quantitative estimate of drug-likeness (QED) is 0.359. The van der Waals surface area contributed by atoms with Gasteiger partial charge < -0.3 is 24.7 Å². The van der Waals surface area contributed by atoms with E-state index in [4.69, 9.17) is 29.3 Å². The maximum atomic E-state index is 11.2. The van der Waals surface area contributed by atoms with Crippen molar-refractivity contribution < 1.29 is 34.1 Å². The zero-order chi connectivity index (χ0) is 20.1. The van der Waals surface area contributed by atoms with E-state index in [0.717, 1.165) is 17.1 Å². The van der Waals surface area contributed by atoms with E-state index in [2.05, 4.69) is 9.97 Å². The zero-order valence-corrected chi connectivity index (χ0v) is 14.9. The number of aliphatic carboxylic acids is 2. The van der Waals surface area contributed by atoms with Crippen molar-refractivity contribution in [2.45, 2.75) is 26.2 Å². The van der Waals surface area contributed by atoms with Crippen LogP contribution in [0.4, 0.5) is 0 Å². The average molecular weight is 378 g/mol. The van der Waals surface area contributed by atoms with Crippen molar-refractivity contribution in [2.75, 3.05) is 13.2 Å². The highest BCUT2D eigenvalue weighted by molar-refractivity contribution is 6.27. The van der Waals surface area contributed by atoms with Gasteiger partial charge in [-0.3, -0.25) is 4.79 Å². The number of esters is 1. The summed E-state index contributed by atoms with van der Waals surface area (Å²) in [5.74, 6) is -2.09. The van der Waals surface area contributed by atoms with Crippen LogP contribution in [0.2, 0.25) is 0 Å². The summed E-state index contributed by atoms with van der Waals surface area (Å²) in [7, 11) is 0. The van der Waals surface area contributed by atoms with Gasteiger partial charge in [-0.2, -0.15) is 0 Å². The smallest absolute Gasteiger partial charge is 0.414 e. The number of hydrogen-bond donors (Lipinski definition) is 3. The van der Waals surface area contributed by atoms with E-state index in [-0.39, 0.29) is 5.97 Å². The minimum atomic E-state index is -1.82. The first-order valence-corrected chi connectivity index (χ1v) is 8.24. The van der Waals surface area contributed by atoms with Gasteiger partial charge >= 0.3 is 17.9 Å². The summed E-state index contributed by atoms with van der Waals surface area (Å²) in [6, 6.07) is 7.86. The fraction of sp³-hybridized carbons (Fsp3) is 0.333. The Morgan fingerprint density at radius 2 is 1.85 bits per heavy atom. The van der Waals surface area contributed by atoms with E-state index < -0.39 is 11.9 Å². The van der Waals surface area contributed by atoms with Gasteiger partial charge in [-0.05, 0) is 19.4 Å². The van der Waals surface area contributed by atoms with E-state index in [1.165, 1.54) is 0 Å². The highest BCUT2D eigenvalue weighted by atomic mass is 16.5. The molecule has 0 aliphatic carbocycles. The van der Waals surface area contributed by atoms with Gasteiger partial charge in [0.15, 0.2) is 0 Å². The molecule has 0 aliphatic heterocycles. The number of ether oxygens (including phenoxy) is 2. The molecule has 1 aromatic heterocycles. The van der Waals surface area contributed by atoms with Gasteiger partial charge in [-0.15, -0.1) is 0 Å². The van der Waals surface area contributed by atoms with Crippen LogP contribution in [0.5, 0.6) is 5.75 Å². The summed E-state index contributed by atoms with van der Waals surface area (Å²) in [6.07, 6.45) is 5.26. The van der Waals surface area contributed by atoms with Gasteiger partial charge in [-0.25, -0.2) is 14.6 Å². The highest BCUT2D eigenvalue weighted by Gasteiger charge is 2.07. The molecule has 3 N–H and O–H groups in total. The van der Waals surface area contributed by atoms with Gasteiger partial charge in [0.1, 0.15) is 11.6 Å². The number of nitrogens with one attached hydrogen (secondary N) is 1. The van der Waals surface area contributed by atoms with E-state index >= 15 is 0 Å².